The van der Waals surface area contributed by atoms with Gasteiger partial charge in [-0.2, -0.15) is 0 Å². The minimum Gasteiger partial charge on any atom is -0.395 e. The van der Waals surface area contributed by atoms with E-state index in [-0.39, 0.29) is 12.5 Å². The fraction of sp³-hybridized carbons (Fsp3) is 0.667. The highest BCUT2D eigenvalue weighted by Crippen LogP contribution is 2.31. The Morgan fingerprint density at radius 3 is 2.74 bits per heavy atom. The second kappa shape index (κ2) is 6.53. The molecule has 1 N–H and O–H groups in total. The van der Waals surface area contributed by atoms with Crippen LogP contribution in [0.15, 0.2) is 6.07 Å². The van der Waals surface area contributed by atoms with E-state index in [1.165, 1.54) is 10.4 Å². The molecule has 1 saturated carbocycles. The Labute approximate surface area is 119 Å². The number of carbonyl (C=O) groups excluding carboxylic acids is 1. The molecule has 0 radical (unpaired) electrons. The van der Waals surface area contributed by atoms with Crippen LogP contribution in [-0.2, 0) is 12.8 Å². The Bertz CT molecular complexity index is 437. The highest BCUT2D eigenvalue weighted by Gasteiger charge is 2.33. The number of aliphatic hydroxyl groups excluding tert-OH is 1. The number of amides is 1. The van der Waals surface area contributed by atoms with E-state index in [0.717, 1.165) is 37.0 Å². The van der Waals surface area contributed by atoms with E-state index in [1.807, 2.05) is 4.90 Å². The number of rotatable bonds is 7. The maximum absolute atomic E-state index is 12.5. The summed E-state index contributed by atoms with van der Waals surface area (Å²) in [6.45, 7) is 4.83. The highest BCUT2D eigenvalue weighted by atomic mass is 32.1. The molecule has 1 aliphatic carbocycles. The van der Waals surface area contributed by atoms with Gasteiger partial charge in [-0.1, -0.05) is 20.3 Å². The Kier molecular flexibility index (Phi) is 4.99. The van der Waals surface area contributed by atoms with Crippen LogP contribution in [0.3, 0.4) is 0 Å². The largest absolute Gasteiger partial charge is 0.395 e. The third-order valence-corrected chi connectivity index (χ3v) is 4.78. The number of aryl methyl sites for hydroxylation is 2. The zero-order chi connectivity index (χ0) is 13.8. The molecular weight excluding hydrogens is 258 g/mol. The van der Waals surface area contributed by atoms with Crippen LogP contribution in [0, 0.1) is 0 Å². The van der Waals surface area contributed by atoms with Crippen molar-refractivity contribution in [1.29, 1.82) is 0 Å². The lowest BCUT2D eigenvalue weighted by atomic mass is 10.1. The summed E-state index contributed by atoms with van der Waals surface area (Å²) in [7, 11) is 0. The van der Waals surface area contributed by atoms with E-state index in [1.54, 1.807) is 11.3 Å². The molecule has 19 heavy (non-hydrogen) atoms. The third-order valence-electron chi connectivity index (χ3n) is 3.55. The van der Waals surface area contributed by atoms with Gasteiger partial charge in [0.25, 0.3) is 5.91 Å². The Morgan fingerprint density at radius 2 is 2.21 bits per heavy atom. The molecule has 0 bridgehead atoms. The van der Waals surface area contributed by atoms with Crippen LogP contribution in [-0.4, -0.2) is 35.1 Å². The van der Waals surface area contributed by atoms with Gasteiger partial charge < -0.3 is 10.0 Å². The molecule has 4 heteroatoms. The maximum atomic E-state index is 12.5. The van der Waals surface area contributed by atoms with Gasteiger partial charge in [0.1, 0.15) is 0 Å². The predicted molar refractivity (Wildman–Crippen MR) is 78.8 cm³/mol. The first-order chi connectivity index (χ1) is 9.21. The van der Waals surface area contributed by atoms with Gasteiger partial charge in [0, 0.05) is 17.5 Å². The number of nitrogens with zero attached hydrogens (tertiary/aromatic N) is 1. The first-order valence-corrected chi connectivity index (χ1v) is 8.06. The average Bonchev–Trinajstić information content (AvgIpc) is 3.16. The summed E-state index contributed by atoms with van der Waals surface area (Å²) in [6.07, 6.45) is 5.33. The molecule has 0 aromatic carbocycles. The molecular formula is C15H23NO2S. The lowest BCUT2D eigenvalue weighted by Gasteiger charge is -2.20. The minimum atomic E-state index is 0.0517. The van der Waals surface area contributed by atoms with E-state index in [9.17, 15) is 4.79 Å². The highest BCUT2D eigenvalue weighted by molar-refractivity contribution is 7.14. The van der Waals surface area contributed by atoms with Gasteiger partial charge in [-0.05, 0) is 37.3 Å². The van der Waals surface area contributed by atoms with Crippen molar-refractivity contribution in [2.75, 3.05) is 13.2 Å². The lowest BCUT2D eigenvalue weighted by molar-refractivity contribution is 0.0712. The topological polar surface area (TPSA) is 40.5 Å². The van der Waals surface area contributed by atoms with E-state index < -0.39 is 0 Å². The van der Waals surface area contributed by atoms with Crippen LogP contribution in [0.1, 0.15) is 53.2 Å². The van der Waals surface area contributed by atoms with Gasteiger partial charge in [-0.3, -0.25) is 4.79 Å². The second-order valence-corrected chi connectivity index (χ2v) is 6.25. The van der Waals surface area contributed by atoms with Gasteiger partial charge >= 0.3 is 0 Å². The zero-order valence-electron chi connectivity index (χ0n) is 11.8. The number of carbonyl (C=O) groups is 1. The first kappa shape index (κ1) is 14.5. The molecule has 0 aliphatic heterocycles. The van der Waals surface area contributed by atoms with Gasteiger partial charge in [0.05, 0.1) is 11.5 Å². The van der Waals surface area contributed by atoms with Crippen molar-refractivity contribution in [1.82, 2.24) is 4.90 Å². The Morgan fingerprint density at radius 1 is 1.47 bits per heavy atom. The second-order valence-electron chi connectivity index (χ2n) is 5.12. The summed E-state index contributed by atoms with van der Waals surface area (Å²) < 4.78 is 0. The van der Waals surface area contributed by atoms with Gasteiger partial charge in [0.2, 0.25) is 0 Å². The summed E-state index contributed by atoms with van der Waals surface area (Å²) in [5, 5.41) is 9.11. The van der Waals surface area contributed by atoms with Crippen LogP contribution in [0.5, 0.6) is 0 Å². The van der Waals surface area contributed by atoms with E-state index in [0.29, 0.717) is 12.6 Å². The zero-order valence-corrected chi connectivity index (χ0v) is 12.6. The maximum Gasteiger partial charge on any atom is 0.264 e. The normalized spacial score (nSPS) is 14.7. The summed E-state index contributed by atoms with van der Waals surface area (Å²) in [5.41, 5.74) is 1.31. The van der Waals surface area contributed by atoms with Crippen molar-refractivity contribution in [3.05, 3.63) is 21.4 Å². The van der Waals surface area contributed by atoms with Crippen LogP contribution in [0.2, 0.25) is 0 Å². The van der Waals surface area contributed by atoms with Crippen LogP contribution in [0.4, 0.5) is 0 Å². The molecule has 0 unspecified atom stereocenters. The molecule has 0 saturated heterocycles. The summed E-state index contributed by atoms with van der Waals surface area (Å²) in [6, 6.07) is 2.42. The fourth-order valence-electron chi connectivity index (χ4n) is 2.40. The molecule has 1 amide bonds. The van der Waals surface area contributed by atoms with Crippen molar-refractivity contribution in [3.8, 4) is 0 Å². The summed E-state index contributed by atoms with van der Waals surface area (Å²) in [4.78, 5) is 16.6. The monoisotopic (exact) mass is 281 g/mol. The lowest BCUT2D eigenvalue weighted by Crippen LogP contribution is -2.35. The molecule has 0 spiro atoms. The number of thiophene rings is 1. The number of hydrogen-bond acceptors (Lipinski definition) is 3. The van der Waals surface area contributed by atoms with Crippen molar-refractivity contribution < 1.29 is 9.90 Å². The van der Waals surface area contributed by atoms with Gasteiger partial charge in [-0.15, -0.1) is 11.3 Å². The molecule has 3 nitrogen and oxygen atoms in total. The quantitative estimate of drug-likeness (QED) is 0.835. The van der Waals surface area contributed by atoms with E-state index >= 15 is 0 Å². The summed E-state index contributed by atoms with van der Waals surface area (Å²) in [5.74, 6) is 0.110. The van der Waals surface area contributed by atoms with Crippen molar-refractivity contribution in [3.63, 3.8) is 0 Å². The van der Waals surface area contributed by atoms with Crippen molar-refractivity contribution >= 4 is 17.2 Å². The van der Waals surface area contributed by atoms with Crippen molar-refractivity contribution in [2.45, 2.75) is 52.0 Å². The third kappa shape index (κ3) is 3.37. The summed E-state index contributed by atoms with van der Waals surface area (Å²) >= 11 is 1.64. The van der Waals surface area contributed by atoms with Crippen LogP contribution < -0.4 is 0 Å². The molecule has 0 atom stereocenters. The SMILES string of the molecule is CCCc1sc(C(=O)N(CCO)C2CC2)cc1CC. The van der Waals surface area contributed by atoms with E-state index in [2.05, 4.69) is 19.9 Å². The van der Waals surface area contributed by atoms with Crippen LogP contribution in [0.25, 0.3) is 0 Å². The molecule has 1 heterocycles. The van der Waals surface area contributed by atoms with Crippen molar-refractivity contribution in [2.24, 2.45) is 0 Å². The molecule has 2 rings (SSSR count). The molecule has 1 aromatic heterocycles. The smallest absolute Gasteiger partial charge is 0.264 e. The molecule has 106 valence electrons. The fourth-order valence-corrected chi connectivity index (χ4v) is 3.71. The van der Waals surface area contributed by atoms with Crippen LogP contribution >= 0.6 is 11.3 Å². The predicted octanol–water partition coefficient (Wildman–Crippen LogP) is 2.86. The standard InChI is InChI=1S/C15H23NO2S/c1-3-5-13-11(4-2)10-14(19-13)15(18)16(8-9-17)12-6-7-12/h10,12,17H,3-9H2,1-2H3. The number of hydrogen-bond donors (Lipinski definition) is 1. The van der Waals surface area contributed by atoms with Gasteiger partial charge in [-0.25, -0.2) is 0 Å². The average molecular weight is 281 g/mol. The molecule has 1 aliphatic rings. The number of aliphatic hydroxyl groups is 1. The minimum absolute atomic E-state index is 0.0517. The molecule has 1 aromatic rings. The Hall–Kier alpha value is -0.870. The molecule has 1 fully saturated rings. The Balaban J connectivity index is 2.17. The van der Waals surface area contributed by atoms with Gasteiger partial charge in [0.15, 0.2) is 0 Å². The first-order valence-electron chi connectivity index (χ1n) is 7.24. The van der Waals surface area contributed by atoms with E-state index in [4.69, 9.17) is 5.11 Å².